The van der Waals surface area contributed by atoms with Gasteiger partial charge >= 0.3 is 0 Å². The van der Waals surface area contributed by atoms with Crippen LogP contribution in [0.4, 0.5) is 5.69 Å². The Morgan fingerprint density at radius 1 is 1.30 bits per heavy atom. The van der Waals surface area contributed by atoms with Gasteiger partial charge in [-0.05, 0) is 17.7 Å². The van der Waals surface area contributed by atoms with E-state index in [-0.39, 0.29) is 30.8 Å². The smallest absolute Gasteiger partial charge is 0.228 e. The second-order valence-electron chi connectivity index (χ2n) is 4.42. The standard InChI is InChI=1S/C12H19N3O3S.ClH/c1-9(7-13)12(16)15-11-5-3-10(4-6-11)8-14-19(2,17)18;/h3-6,9,14H,7-8,13H2,1-2H3,(H,15,16);1H. The number of nitrogens with one attached hydrogen (secondary N) is 2. The predicted molar refractivity (Wildman–Crippen MR) is 82.2 cm³/mol. The molecule has 0 heterocycles. The molecule has 1 amide bonds. The molecule has 0 fully saturated rings. The molecule has 1 aromatic carbocycles. The van der Waals surface area contributed by atoms with Crippen molar-refractivity contribution in [3.05, 3.63) is 29.8 Å². The molecule has 0 saturated carbocycles. The van der Waals surface area contributed by atoms with Gasteiger partial charge in [-0.2, -0.15) is 0 Å². The number of sulfonamides is 1. The lowest BCUT2D eigenvalue weighted by molar-refractivity contribution is -0.119. The molecule has 8 heteroatoms. The van der Waals surface area contributed by atoms with Crippen LogP contribution in [-0.4, -0.2) is 27.1 Å². The Balaban J connectivity index is 0.00000361. The van der Waals surface area contributed by atoms with Gasteiger partial charge in [-0.25, -0.2) is 13.1 Å². The zero-order valence-electron chi connectivity index (χ0n) is 11.4. The first-order valence-electron chi connectivity index (χ1n) is 5.86. The maximum atomic E-state index is 11.6. The highest BCUT2D eigenvalue weighted by Gasteiger charge is 2.10. The average Bonchev–Trinajstić information content (AvgIpc) is 2.36. The summed E-state index contributed by atoms with van der Waals surface area (Å²) in [6, 6.07) is 6.95. The highest BCUT2D eigenvalue weighted by Crippen LogP contribution is 2.11. The fourth-order valence-electron chi connectivity index (χ4n) is 1.29. The minimum Gasteiger partial charge on any atom is -0.330 e. The molecule has 20 heavy (non-hydrogen) atoms. The van der Waals surface area contributed by atoms with Gasteiger partial charge in [-0.15, -0.1) is 12.4 Å². The van der Waals surface area contributed by atoms with Crippen LogP contribution in [0.2, 0.25) is 0 Å². The lowest BCUT2D eigenvalue weighted by atomic mass is 10.1. The number of nitrogens with two attached hydrogens (primary N) is 1. The van der Waals surface area contributed by atoms with Crippen molar-refractivity contribution < 1.29 is 13.2 Å². The highest BCUT2D eigenvalue weighted by atomic mass is 35.5. The van der Waals surface area contributed by atoms with E-state index in [0.717, 1.165) is 11.8 Å². The van der Waals surface area contributed by atoms with E-state index in [1.54, 1.807) is 31.2 Å². The first-order chi connectivity index (χ1) is 8.81. The minimum absolute atomic E-state index is 0. The van der Waals surface area contributed by atoms with Gasteiger partial charge in [0.1, 0.15) is 0 Å². The van der Waals surface area contributed by atoms with Crippen molar-refractivity contribution in [2.75, 3.05) is 18.1 Å². The van der Waals surface area contributed by atoms with E-state index < -0.39 is 10.0 Å². The molecule has 0 radical (unpaired) electrons. The first-order valence-corrected chi connectivity index (χ1v) is 7.75. The normalized spacial score (nSPS) is 12.3. The Kier molecular flexibility index (Phi) is 7.74. The summed E-state index contributed by atoms with van der Waals surface area (Å²) in [6.07, 6.45) is 1.11. The summed E-state index contributed by atoms with van der Waals surface area (Å²) in [5, 5.41) is 2.73. The molecule has 0 saturated heterocycles. The van der Waals surface area contributed by atoms with Crippen LogP contribution in [0.15, 0.2) is 24.3 Å². The van der Waals surface area contributed by atoms with Crippen LogP contribution in [-0.2, 0) is 21.4 Å². The fraction of sp³-hybridized carbons (Fsp3) is 0.417. The number of rotatable bonds is 6. The number of carbonyl (C=O) groups is 1. The Labute approximate surface area is 125 Å². The lowest BCUT2D eigenvalue weighted by Gasteiger charge is -2.10. The number of amides is 1. The van der Waals surface area contributed by atoms with Crippen molar-refractivity contribution >= 4 is 34.0 Å². The third kappa shape index (κ3) is 6.85. The SMILES string of the molecule is CC(CN)C(=O)Nc1ccc(CNS(C)(=O)=O)cc1.Cl. The predicted octanol–water partition coefficient (Wildman–Crippen LogP) is 0.691. The van der Waals surface area contributed by atoms with Gasteiger partial charge in [0.05, 0.1) is 6.26 Å². The Morgan fingerprint density at radius 3 is 2.30 bits per heavy atom. The van der Waals surface area contributed by atoms with E-state index in [1.807, 2.05) is 0 Å². The molecule has 0 spiro atoms. The fourth-order valence-corrected chi connectivity index (χ4v) is 1.72. The Morgan fingerprint density at radius 2 is 1.85 bits per heavy atom. The van der Waals surface area contributed by atoms with Gasteiger partial charge in [-0.1, -0.05) is 19.1 Å². The minimum atomic E-state index is -3.20. The molecule has 0 aliphatic carbocycles. The third-order valence-corrected chi connectivity index (χ3v) is 3.23. The van der Waals surface area contributed by atoms with Crippen LogP contribution in [0.3, 0.4) is 0 Å². The van der Waals surface area contributed by atoms with Crippen molar-refractivity contribution in [2.45, 2.75) is 13.5 Å². The molecule has 0 aromatic heterocycles. The number of hydrogen-bond acceptors (Lipinski definition) is 4. The van der Waals surface area contributed by atoms with Crippen LogP contribution in [0, 0.1) is 5.92 Å². The molecule has 1 rings (SSSR count). The summed E-state index contributed by atoms with van der Waals surface area (Å²) in [5.41, 5.74) is 6.88. The van der Waals surface area contributed by atoms with E-state index in [9.17, 15) is 13.2 Å². The zero-order valence-corrected chi connectivity index (χ0v) is 13.1. The molecule has 1 unspecified atom stereocenters. The topological polar surface area (TPSA) is 101 Å². The van der Waals surface area contributed by atoms with Crippen molar-refractivity contribution in [3.63, 3.8) is 0 Å². The van der Waals surface area contributed by atoms with Crippen LogP contribution in [0.25, 0.3) is 0 Å². The van der Waals surface area contributed by atoms with Crippen LogP contribution in [0.5, 0.6) is 0 Å². The summed E-state index contributed by atoms with van der Waals surface area (Å²) in [5.74, 6) is -0.379. The van der Waals surface area contributed by atoms with Gasteiger partial charge in [0.2, 0.25) is 15.9 Å². The molecule has 114 valence electrons. The summed E-state index contributed by atoms with van der Waals surface area (Å²) in [6.45, 7) is 2.27. The summed E-state index contributed by atoms with van der Waals surface area (Å²) in [7, 11) is -3.20. The van der Waals surface area contributed by atoms with Crippen molar-refractivity contribution in [2.24, 2.45) is 11.7 Å². The lowest BCUT2D eigenvalue weighted by Crippen LogP contribution is -2.26. The molecular weight excluding hydrogens is 302 g/mol. The van der Waals surface area contributed by atoms with Gasteiger partial charge in [0.15, 0.2) is 0 Å². The monoisotopic (exact) mass is 321 g/mol. The molecule has 0 aliphatic rings. The average molecular weight is 322 g/mol. The quantitative estimate of drug-likeness (QED) is 0.717. The second-order valence-corrected chi connectivity index (χ2v) is 6.25. The number of halogens is 1. The first kappa shape index (κ1) is 18.9. The molecule has 1 aromatic rings. The second kappa shape index (κ2) is 8.21. The maximum absolute atomic E-state index is 11.6. The van der Waals surface area contributed by atoms with E-state index in [0.29, 0.717) is 12.2 Å². The van der Waals surface area contributed by atoms with Gasteiger partial charge in [-0.3, -0.25) is 4.79 Å². The Bertz CT molecular complexity index is 531. The zero-order chi connectivity index (χ0) is 14.5. The van der Waals surface area contributed by atoms with E-state index >= 15 is 0 Å². The van der Waals surface area contributed by atoms with Gasteiger partial charge < -0.3 is 11.1 Å². The van der Waals surface area contributed by atoms with E-state index in [2.05, 4.69) is 10.0 Å². The highest BCUT2D eigenvalue weighted by molar-refractivity contribution is 7.88. The van der Waals surface area contributed by atoms with Crippen LogP contribution >= 0.6 is 12.4 Å². The molecule has 0 aliphatic heterocycles. The maximum Gasteiger partial charge on any atom is 0.228 e. The molecule has 1 atom stereocenters. The molecule has 6 nitrogen and oxygen atoms in total. The van der Waals surface area contributed by atoms with Crippen LogP contribution < -0.4 is 15.8 Å². The van der Waals surface area contributed by atoms with E-state index in [4.69, 9.17) is 5.73 Å². The Hall–Kier alpha value is -1.15. The summed E-state index contributed by atoms with van der Waals surface area (Å²) < 4.78 is 24.3. The van der Waals surface area contributed by atoms with Crippen molar-refractivity contribution in [1.29, 1.82) is 0 Å². The van der Waals surface area contributed by atoms with Gasteiger partial charge in [0, 0.05) is 24.7 Å². The molecule has 4 N–H and O–H groups in total. The number of carbonyl (C=O) groups excluding carboxylic acids is 1. The summed E-state index contributed by atoms with van der Waals surface area (Å²) in [4.78, 5) is 11.6. The number of benzene rings is 1. The number of anilines is 1. The van der Waals surface area contributed by atoms with Crippen molar-refractivity contribution in [3.8, 4) is 0 Å². The van der Waals surface area contributed by atoms with Gasteiger partial charge in [0.25, 0.3) is 0 Å². The third-order valence-electron chi connectivity index (χ3n) is 2.56. The summed E-state index contributed by atoms with van der Waals surface area (Å²) >= 11 is 0. The van der Waals surface area contributed by atoms with Crippen molar-refractivity contribution in [1.82, 2.24) is 4.72 Å². The number of hydrogen-bond donors (Lipinski definition) is 3. The molecule has 0 bridgehead atoms. The molecular formula is C12H20ClN3O3S. The van der Waals surface area contributed by atoms with E-state index in [1.165, 1.54) is 0 Å². The largest absolute Gasteiger partial charge is 0.330 e. The van der Waals surface area contributed by atoms with Crippen LogP contribution in [0.1, 0.15) is 12.5 Å².